The Kier molecular flexibility index (Phi) is 6.44. The third-order valence-electron chi connectivity index (χ3n) is 1.43. The van der Waals surface area contributed by atoms with Gasteiger partial charge in [0.2, 0.25) is 0 Å². The quantitative estimate of drug-likeness (QED) is 0.453. The summed E-state index contributed by atoms with van der Waals surface area (Å²) in [6.07, 6.45) is 2.44. The average Bonchev–Trinajstić information content (AvgIpc) is 2.02. The Morgan fingerprint density at radius 3 is 2.69 bits per heavy atom. The smallest absolute Gasteiger partial charge is 0.332 e. The standard InChI is InChI=1S/C8H15NO3S/c1-7(8(10)11)6-9-4-3-5-13(2)12/h9H,1,3-6H2,2H3,(H,10,11). The van der Waals surface area contributed by atoms with Gasteiger partial charge in [-0.25, -0.2) is 4.79 Å². The number of aliphatic carboxylic acids is 1. The fraction of sp³-hybridized carbons (Fsp3) is 0.625. The summed E-state index contributed by atoms with van der Waals surface area (Å²) in [4.78, 5) is 10.3. The number of rotatable bonds is 7. The summed E-state index contributed by atoms with van der Waals surface area (Å²) in [5, 5.41) is 11.3. The van der Waals surface area contributed by atoms with Crippen molar-refractivity contribution >= 4 is 16.8 Å². The molecule has 76 valence electrons. The van der Waals surface area contributed by atoms with Crippen molar-refractivity contribution in [3.63, 3.8) is 0 Å². The molecular formula is C8H15NO3S. The summed E-state index contributed by atoms with van der Waals surface area (Å²) in [6, 6.07) is 0. The molecule has 0 spiro atoms. The van der Waals surface area contributed by atoms with E-state index in [0.717, 1.165) is 6.42 Å². The first kappa shape index (κ1) is 12.3. The maximum Gasteiger partial charge on any atom is 0.332 e. The minimum absolute atomic E-state index is 0.151. The Morgan fingerprint density at radius 2 is 2.23 bits per heavy atom. The van der Waals surface area contributed by atoms with Gasteiger partial charge in [0, 0.05) is 34.9 Å². The highest BCUT2D eigenvalue weighted by Crippen LogP contribution is 1.87. The molecule has 2 N–H and O–H groups in total. The van der Waals surface area contributed by atoms with Gasteiger partial charge in [0.15, 0.2) is 0 Å². The first-order chi connectivity index (χ1) is 6.04. The molecule has 0 rings (SSSR count). The second-order valence-corrected chi connectivity index (χ2v) is 4.27. The SMILES string of the molecule is C=C(CNCCCS(C)=O)C(=O)O. The number of carboxylic acid groups (broad SMARTS) is 1. The minimum Gasteiger partial charge on any atom is -0.478 e. The lowest BCUT2D eigenvalue weighted by Gasteiger charge is -2.02. The van der Waals surface area contributed by atoms with Gasteiger partial charge in [-0.2, -0.15) is 0 Å². The van der Waals surface area contributed by atoms with Gasteiger partial charge in [-0.3, -0.25) is 4.21 Å². The molecule has 0 aliphatic carbocycles. The number of nitrogens with one attached hydrogen (secondary N) is 1. The van der Waals surface area contributed by atoms with E-state index in [1.165, 1.54) is 0 Å². The van der Waals surface area contributed by atoms with Crippen molar-refractivity contribution in [2.24, 2.45) is 0 Å². The summed E-state index contributed by atoms with van der Waals surface area (Å²) in [5.74, 6) is -0.335. The second-order valence-electron chi connectivity index (χ2n) is 2.72. The molecule has 0 saturated heterocycles. The molecule has 0 radical (unpaired) electrons. The summed E-state index contributed by atoms with van der Waals surface area (Å²) < 4.78 is 10.6. The van der Waals surface area contributed by atoms with E-state index >= 15 is 0 Å². The molecule has 0 aromatic rings. The zero-order chi connectivity index (χ0) is 10.3. The van der Waals surface area contributed by atoms with Crippen LogP contribution in [0.25, 0.3) is 0 Å². The molecular weight excluding hydrogens is 190 g/mol. The van der Waals surface area contributed by atoms with E-state index in [0.29, 0.717) is 12.3 Å². The van der Waals surface area contributed by atoms with Crippen molar-refractivity contribution in [1.29, 1.82) is 0 Å². The third kappa shape index (κ3) is 7.67. The number of carbonyl (C=O) groups is 1. The van der Waals surface area contributed by atoms with Crippen molar-refractivity contribution in [2.45, 2.75) is 6.42 Å². The van der Waals surface area contributed by atoms with Crippen LogP contribution >= 0.6 is 0 Å². The first-order valence-corrected chi connectivity index (χ1v) is 5.68. The van der Waals surface area contributed by atoms with Crippen LogP contribution in [-0.4, -0.2) is 40.4 Å². The van der Waals surface area contributed by atoms with E-state index in [4.69, 9.17) is 5.11 Å². The highest BCUT2D eigenvalue weighted by Gasteiger charge is 2.01. The Labute approximate surface area is 80.5 Å². The molecule has 13 heavy (non-hydrogen) atoms. The van der Waals surface area contributed by atoms with Crippen LogP contribution in [-0.2, 0) is 15.6 Å². The molecule has 0 aliphatic rings. The molecule has 0 fully saturated rings. The highest BCUT2D eigenvalue weighted by atomic mass is 32.2. The summed E-state index contributed by atoms with van der Waals surface area (Å²) >= 11 is 0. The van der Waals surface area contributed by atoms with Crippen LogP contribution in [0.1, 0.15) is 6.42 Å². The van der Waals surface area contributed by atoms with E-state index in [1.54, 1.807) is 6.26 Å². The van der Waals surface area contributed by atoms with Crippen LogP contribution in [0.15, 0.2) is 12.2 Å². The predicted molar refractivity (Wildman–Crippen MR) is 53.2 cm³/mol. The van der Waals surface area contributed by atoms with Gasteiger partial charge in [-0.1, -0.05) is 6.58 Å². The average molecular weight is 205 g/mol. The molecule has 0 aliphatic heterocycles. The second kappa shape index (κ2) is 6.80. The Bertz CT molecular complexity index is 215. The summed E-state index contributed by atoms with van der Waals surface area (Å²) in [6.45, 7) is 4.32. The van der Waals surface area contributed by atoms with Gasteiger partial charge in [0.25, 0.3) is 0 Å². The van der Waals surface area contributed by atoms with Gasteiger partial charge >= 0.3 is 5.97 Å². The molecule has 0 heterocycles. The van der Waals surface area contributed by atoms with Crippen LogP contribution in [0.3, 0.4) is 0 Å². The molecule has 1 unspecified atom stereocenters. The van der Waals surface area contributed by atoms with E-state index < -0.39 is 16.8 Å². The van der Waals surface area contributed by atoms with E-state index in [2.05, 4.69) is 11.9 Å². The molecule has 0 aromatic heterocycles. The van der Waals surface area contributed by atoms with Crippen LogP contribution in [0, 0.1) is 0 Å². The number of carboxylic acids is 1. The van der Waals surface area contributed by atoms with E-state index in [9.17, 15) is 9.00 Å². The summed E-state index contributed by atoms with van der Waals surface area (Å²) in [5.41, 5.74) is 0.151. The largest absolute Gasteiger partial charge is 0.478 e. The van der Waals surface area contributed by atoms with Gasteiger partial charge in [-0.05, 0) is 13.0 Å². The zero-order valence-electron chi connectivity index (χ0n) is 7.71. The minimum atomic E-state index is -0.980. The molecule has 0 amide bonds. The third-order valence-corrected chi connectivity index (χ3v) is 2.29. The Morgan fingerprint density at radius 1 is 1.62 bits per heavy atom. The maximum atomic E-state index is 10.6. The van der Waals surface area contributed by atoms with Crippen LogP contribution < -0.4 is 5.32 Å². The molecule has 5 heteroatoms. The number of hydrogen-bond donors (Lipinski definition) is 2. The lowest BCUT2D eigenvalue weighted by molar-refractivity contribution is -0.132. The normalized spacial score (nSPS) is 12.4. The molecule has 0 saturated carbocycles. The van der Waals surface area contributed by atoms with Crippen molar-refractivity contribution in [3.05, 3.63) is 12.2 Å². The van der Waals surface area contributed by atoms with Crippen LogP contribution in [0.2, 0.25) is 0 Å². The topological polar surface area (TPSA) is 66.4 Å². The highest BCUT2D eigenvalue weighted by molar-refractivity contribution is 7.84. The van der Waals surface area contributed by atoms with Crippen molar-refractivity contribution < 1.29 is 14.1 Å². The van der Waals surface area contributed by atoms with Gasteiger partial charge in [0.1, 0.15) is 0 Å². The molecule has 0 bridgehead atoms. The van der Waals surface area contributed by atoms with Crippen molar-refractivity contribution in [3.8, 4) is 0 Å². The molecule has 4 nitrogen and oxygen atoms in total. The van der Waals surface area contributed by atoms with E-state index in [1.807, 2.05) is 0 Å². The lowest BCUT2D eigenvalue weighted by atomic mass is 10.3. The van der Waals surface area contributed by atoms with Gasteiger partial charge in [-0.15, -0.1) is 0 Å². The first-order valence-electron chi connectivity index (χ1n) is 3.96. The van der Waals surface area contributed by atoms with Crippen molar-refractivity contribution in [2.75, 3.05) is 25.1 Å². The van der Waals surface area contributed by atoms with E-state index in [-0.39, 0.29) is 12.1 Å². The Balaban J connectivity index is 3.31. The Hall–Kier alpha value is -0.680. The van der Waals surface area contributed by atoms with Crippen LogP contribution in [0.5, 0.6) is 0 Å². The fourth-order valence-corrected chi connectivity index (χ4v) is 1.27. The summed E-state index contributed by atoms with van der Waals surface area (Å²) in [7, 11) is -0.767. The lowest BCUT2D eigenvalue weighted by Crippen LogP contribution is -2.22. The van der Waals surface area contributed by atoms with Crippen LogP contribution in [0.4, 0.5) is 0 Å². The maximum absolute atomic E-state index is 10.6. The fourth-order valence-electron chi connectivity index (χ4n) is 0.715. The van der Waals surface area contributed by atoms with Gasteiger partial charge in [0.05, 0.1) is 0 Å². The monoisotopic (exact) mass is 205 g/mol. The number of hydrogen-bond acceptors (Lipinski definition) is 3. The zero-order valence-corrected chi connectivity index (χ0v) is 8.52. The predicted octanol–water partition coefficient (Wildman–Crippen LogP) is -0.0146. The molecule has 1 atom stereocenters. The van der Waals surface area contributed by atoms with Crippen molar-refractivity contribution in [1.82, 2.24) is 5.32 Å². The molecule has 0 aromatic carbocycles. The van der Waals surface area contributed by atoms with Gasteiger partial charge < -0.3 is 10.4 Å².